The van der Waals surface area contributed by atoms with Crippen molar-refractivity contribution in [1.82, 2.24) is 39.1 Å². The minimum absolute atomic E-state index is 0.0674. The van der Waals surface area contributed by atoms with Crippen LogP contribution in [-0.4, -0.2) is 124 Å². The highest BCUT2D eigenvalue weighted by molar-refractivity contribution is 6.30. The Morgan fingerprint density at radius 1 is 1.04 bits per heavy atom. The lowest BCUT2D eigenvalue weighted by molar-refractivity contribution is -0.133. The molecule has 7 rings (SSSR count). The summed E-state index contributed by atoms with van der Waals surface area (Å²) in [6.45, 7) is 10.5. The fraction of sp³-hybridized carbons (Fsp3) is 0.469. The molecule has 3 aromatic heterocycles. The molecule has 0 aliphatic carbocycles. The van der Waals surface area contributed by atoms with Crippen LogP contribution < -0.4 is 10.2 Å². The molecule has 1 amide bonds. The van der Waals surface area contributed by atoms with Crippen molar-refractivity contribution < 1.29 is 9.53 Å². The fourth-order valence-electron chi connectivity index (χ4n) is 6.62. The first-order valence-electron chi connectivity index (χ1n) is 15.8. The second-order valence-corrected chi connectivity index (χ2v) is 12.7. The third kappa shape index (κ3) is 6.52. The summed E-state index contributed by atoms with van der Waals surface area (Å²) in [5.41, 5.74) is 3.16. The Bertz CT molecular complexity index is 1710. The van der Waals surface area contributed by atoms with Gasteiger partial charge in [-0.25, -0.2) is 4.52 Å². The Kier molecular flexibility index (Phi) is 8.77. The molecule has 0 atom stereocenters. The monoisotopic (exact) mass is 643 g/mol. The highest BCUT2D eigenvalue weighted by atomic mass is 35.5. The molecule has 3 fully saturated rings. The van der Waals surface area contributed by atoms with Gasteiger partial charge >= 0.3 is 0 Å². The van der Waals surface area contributed by atoms with Crippen molar-refractivity contribution in [1.29, 1.82) is 5.26 Å². The largest absolute Gasteiger partial charge is 0.379 e. The summed E-state index contributed by atoms with van der Waals surface area (Å²) in [6, 6.07) is 14.1. The summed E-state index contributed by atoms with van der Waals surface area (Å²) < 4.78 is 8.84. The van der Waals surface area contributed by atoms with Crippen LogP contribution in [0.25, 0.3) is 5.65 Å². The fourth-order valence-corrected chi connectivity index (χ4v) is 6.81. The predicted molar refractivity (Wildman–Crippen MR) is 174 cm³/mol. The van der Waals surface area contributed by atoms with Crippen LogP contribution in [-0.2, 0) is 21.5 Å². The number of morpholine rings is 1. The van der Waals surface area contributed by atoms with Gasteiger partial charge in [0.15, 0.2) is 5.65 Å². The van der Waals surface area contributed by atoms with Crippen LogP contribution in [0.1, 0.15) is 12.0 Å². The van der Waals surface area contributed by atoms with Gasteiger partial charge in [-0.1, -0.05) is 23.7 Å². The van der Waals surface area contributed by atoms with E-state index in [0.717, 1.165) is 76.8 Å². The van der Waals surface area contributed by atoms with Crippen molar-refractivity contribution in [2.45, 2.75) is 18.4 Å². The normalized spacial score (nSPS) is 18.8. The number of benzene rings is 1. The first-order valence-corrected chi connectivity index (χ1v) is 16.2. The number of aromatic nitrogens is 5. The van der Waals surface area contributed by atoms with E-state index in [-0.39, 0.29) is 17.9 Å². The lowest BCUT2D eigenvalue weighted by Crippen LogP contribution is -2.59. The number of halogens is 1. The molecule has 1 aromatic carbocycles. The molecule has 14 heteroatoms. The van der Waals surface area contributed by atoms with Crippen LogP contribution in [0.4, 0.5) is 17.3 Å². The molecule has 3 saturated heterocycles. The minimum Gasteiger partial charge on any atom is -0.379 e. The number of pyridine rings is 1. The van der Waals surface area contributed by atoms with Crippen molar-refractivity contribution in [2.24, 2.45) is 0 Å². The van der Waals surface area contributed by atoms with E-state index in [9.17, 15) is 10.1 Å². The Balaban J connectivity index is 0.938. The summed E-state index contributed by atoms with van der Waals surface area (Å²) in [5.74, 6) is 0.503. The number of piperazine rings is 1. The molecule has 0 saturated carbocycles. The zero-order valence-electron chi connectivity index (χ0n) is 25.8. The number of nitrogens with zero attached hydrogens (tertiary/aromatic N) is 10. The zero-order chi connectivity index (χ0) is 31.5. The molecule has 1 N–H and O–H groups in total. The molecule has 4 aromatic rings. The number of hydrogen-bond donors (Lipinski definition) is 1. The van der Waals surface area contributed by atoms with E-state index in [1.165, 1.54) is 0 Å². The summed E-state index contributed by atoms with van der Waals surface area (Å²) in [6.07, 6.45) is 5.76. The van der Waals surface area contributed by atoms with E-state index in [1.807, 2.05) is 47.5 Å². The van der Waals surface area contributed by atoms with E-state index in [4.69, 9.17) is 21.3 Å². The van der Waals surface area contributed by atoms with E-state index in [1.54, 1.807) is 21.6 Å². The molecule has 13 nitrogen and oxygen atoms in total. The number of fused-ring (bicyclic) bond motifs is 1. The average molecular weight is 644 g/mol. The molecular formula is C32H38ClN11O2. The van der Waals surface area contributed by atoms with E-state index in [2.05, 4.69) is 36.3 Å². The van der Waals surface area contributed by atoms with Gasteiger partial charge in [0, 0.05) is 94.7 Å². The maximum absolute atomic E-state index is 13.0. The van der Waals surface area contributed by atoms with Crippen molar-refractivity contribution in [3.63, 3.8) is 0 Å². The van der Waals surface area contributed by atoms with Gasteiger partial charge in [-0.2, -0.15) is 15.3 Å². The molecule has 6 heterocycles. The number of carbonyl (C=O) groups is 1. The van der Waals surface area contributed by atoms with E-state index >= 15 is 0 Å². The highest BCUT2D eigenvalue weighted by Crippen LogP contribution is 2.42. The number of hydrogen-bond acceptors (Lipinski definition) is 10. The Hall–Kier alpha value is -4.22. The molecular weight excluding hydrogens is 606 g/mol. The van der Waals surface area contributed by atoms with Crippen molar-refractivity contribution >= 4 is 40.5 Å². The lowest BCUT2D eigenvalue weighted by Gasteiger charge is -2.50. The summed E-state index contributed by atoms with van der Waals surface area (Å²) in [7, 11) is 0. The highest BCUT2D eigenvalue weighted by Gasteiger charge is 2.45. The van der Waals surface area contributed by atoms with Gasteiger partial charge in [0.25, 0.3) is 0 Å². The Labute approximate surface area is 272 Å². The molecule has 3 aliphatic heterocycles. The number of nitriles is 1. The summed E-state index contributed by atoms with van der Waals surface area (Å²) in [4.78, 5) is 26.8. The molecule has 0 spiro atoms. The van der Waals surface area contributed by atoms with E-state index < -0.39 is 0 Å². The second kappa shape index (κ2) is 13.3. The lowest BCUT2D eigenvalue weighted by atomic mass is 9.71. The van der Waals surface area contributed by atoms with Gasteiger partial charge in [-0.15, -0.1) is 5.10 Å². The summed E-state index contributed by atoms with van der Waals surface area (Å²) in [5, 5.41) is 22.5. The van der Waals surface area contributed by atoms with E-state index in [0.29, 0.717) is 41.8 Å². The van der Waals surface area contributed by atoms with Gasteiger partial charge < -0.3 is 19.9 Å². The number of anilines is 3. The Morgan fingerprint density at radius 3 is 2.59 bits per heavy atom. The number of carbonyl (C=O) groups excluding carboxylic acids is 1. The SMILES string of the molecule is N#CCC1(c2cccc(Cl)c2)CN(c2cccn3nc(Nc4cnn(CC(=O)N5CCN(CCN6CCOCC6)CC5)c4)nc23)C1. The number of ether oxygens (including phenoxy) is 1. The first-order chi connectivity index (χ1) is 22.5. The van der Waals surface area contributed by atoms with Crippen LogP contribution in [0, 0.1) is 11.3 Å². The van der Waals surface area contributed by atoms with Crippen molar-refractivity contribution in [3.8, 4) is 6.07 Å². The molecule has 46 heavy (non-hydrogen) atoms. The Morgan fingerprint density at radius 2 is 1.83 bits per heavy atom. The first kappa shape index (κ1) is 30.4. The van der Waals surface area contributed by atoms with Crippen LogP contribution in [0.2, 0.25) is 5.02 Å². The molecule has 240 valence electrons. The van der Waals surface area contributed by atoms with Gasteiger partial charge in [0.1, 0.15) is 6.54 Å². The summed E-state index contributed by atoms with van der Waals surface area (Å²) >= 11 is 6.27. The van der Waals surface area contributed by atoms with Crippen molar-refractivity contribution in [3.05, 3.63) is 65.6 Å². The third-order valence-corrected chi connectivity index (χ3v) is 9.51. The molecule has 0 bridgehead atoms. The second-order valence-electron chi connectivity index (χ2n) is 12.3. The smallest absolute Gasteiger partial charge is 0.247 e. The third-order valence-electron chi connectivity index (χ3n) is 9.27. The maximum atomic E-state index is 13.0. The van der Waals surface area contributed by atoms with Gasteiger partial charge in [-0.3, -0.25) is 19.3 Å². The predicted octanol–water partition coefficient (Wildman–Crippen LogP) is 2.47. The van der Waals surface area contributed by atoms with Gasteiger partial charge in [0.2, 0.25) is 11.9 Å². The average Bonchev–Trinajstić information content (AvgIpc) is 3.68. The minimum atomic E-state index is -0.282. The maximum Gasteiger partial charge on any atom is 0.247 e. The van der Waals surface area contributed by atoms with Crippen LogP contribution >= 0.6 is 11.6 Å². The number of rotatable bonds is 10. The van der Waals surface area contributed by atoms with Crippen LogP contribution in [0.3, 0.4) is 0 Å². The molecule has 0 unspecified atom stereocenters. The quantitative estimate of drug-likeness (QED) is 0.276. The van der Waals surface area contributed by atoms with Crippen LogP contribution in [0.5, 0.6) is 0 Å². The number of amides is 1. The molecule has 0 radical (unpaired) electrons. The number of nitrogens with one attached hydrogen (secondary N) is 1. The molecule has 3 aliphatic rings. The van der Waals surface area contributed by atoms with Crippen LogP contribution in [0.15, 0.2) is 55.0 Å². The standard InChI is InChI=1S/C32H38ClN11O2/c33-26-4-1-3-25(19-26)32(6-7-34)23-42(24-32)28-5-2-8-44-30(28)37-31(38-44)36-27-20-35-43(21-27)22-29(45)41-13-11-39(12-14-41)9-10-40-15-17-46-18-16-40/h1-5,8,19-21H,6,9-18,22-24H2,(H,36,38). The topological polar surface area (TPSA) is 123 Å². The van der Waals surface area contributed by atoms with Gasteiger partial charge in [-0.05, 0) is 29.8 Å². The van der Waals surface area contributed by atoms with Crippen molar-refractivity contribution in [2.75, 3.05) is 88.9 Å². The zero-order valence-corrected chi connectivity index (χ0v) is 26.5. The van der Waals surface area contributed by atoms with Gasteiger partial charge in [0.05, 0.1) is 36.9 Å².